The van der Waals surface area contributed by atoms with Crippen molar-refractivity contribution >= 4 is 40.8 Å². The third kappa shape index (κ3) is 5.68. The number of amides is 1. The van der Waals surface area contributed by atoms with E-state index in [1.807, 2.05) is 43.6 Å². The summed E-state index contributed by atoms with van der Waals surface area (Å²) >= 11 is 9.22. The van der Waals surface area contributed by atoms with Gasteiger partial charge in [0.15, 0.2) is 4.47 Å². The maximum absolute atomic E-state index is 12.1. The molecule has 4 nitrogen and oxygen atoms in total. The molecule has 0 bridgehead atoms. The monoisotopic (exact) mass is 348 g/mol. The number of carbonyl (C=O) groups excluding carboxylic acids is 1. The Hall–Kier alpha value is -0.460. The van der Waals surface area contributed by atoms with Gasteiger partial charge in [0.2, 0.25) is 0 Å². The van der Waals surface area contributed by atoms with Gasteiger partial charge in [-0.1, -0.05) is 11.6 Å². The normalized spacial score (nSPS) is 19.6. The molecule has 0 aromatic carbocycles. The summed E-state index contributed by atoms with van der Waals surface area (Å²) in [5, 5.41) is 0.451. The predicted octanol–water partition coefficient (Wildman–Crippen LogP) is 4.43. The van der Waals surface area contributed by atoms with Crippen molar-refractivity contribution in [3.8, 4) is 0 Å². The number of piperidine rings is 1. The number of rotatable bonds is 3. The summed E-state index contributed by atoms with van der Waals surface area (Å²) in [5.41, 5.74) is -0.434. The molecule has 118 valence electrons. The van der Waals surface area contributed by atoms with E-state index in [9.17, 15) is 4.79 Å². The van der Waals surface area contributed by atoms with Gasteiger partial charge in [0, 0.05) is 35.2 Å². The van der Waals surface area contributed by atoms with Crippen LogP contribution in [0, 0.1) is 0 Å². The highest BCUT2D eigenvalue weighted by Gasteiger charge is 2.27. The largest absolute Gasteiger partial charge is 0.444 e. The number of likely N-dealkylation sites (tertiary alicyclic amines) is 1. The zero-order valence-electron chi connectivity index (χ0n) is 12.6. The molecule has 0 N–H and O–H groups in total. The van der Waals surface area contributed by atoms with Crippen molar-refractivity contribution in [2.75, 3.05) is 13.1 Å². The summed E-state index contributed by atoms with van der Waals surface area (Å²) in [6, 6.07) is 0. The molecule has 0 aliphatic carbocycles. The second-order valence-electron chi connectivity index (χ2n) is 6.08. The lowest BCUT2D eigenvalue weighted by molar-refractivity contribution is 0.0220. The third-order valence-electron chi connectivity index (χ3n) is 3.02. The van der Waals surface area contributed by atoms with E-state index in [0.29, 0.717) is 9.72 Å². The molecule has 1 aliphatic heterocycles. The molecule has 1 saturated heterocycles. The van der Waals surface area contributed by atoms with E-state index < -0.39 is 5.60 Å². The highest BCUT2D eigenvalue weighted by atomic mass is 35.5. The Labute approximate surface area is 139 Å². The lowest BCUT2D eigenvalue weighted by atomic mass is 10.1. The number of aromatic nitrogens is 1. The lowest BCUT2D eigenvalue weighted by Crippen LogP contribution is -2.43. The van der Waals surface area contributed by atoms with E-state index in [1.165, 1.54) is 16.2 Å². The molecule has 2 heterocycles. The Balaban J connectivity index is 1.81. The molecular weight excluding hydrogens is 328 g/mol. The maximum atomic E-state index is 12.1. The lowest BCUT2D eigenvalue weighted by Gasteiger charge is -2.33. The van der Waals surface area contributed by atoms with Crippen LogP contribution in [0.2, 0.25) is 4.47 Å². The van der Waals surface area contributed by atoms with Gasteiger partial charge in [-0.3, -0.25) is 0 Å². The second kappa shape index (κ2) is 7.20. The molecule has 7 heteroatoms. The van der Waals surface area contributed by atoms with E-state index >= 15 is 0 Å². The first kappa shape index (κ1) is 16.9. The van der Waals surface area contributed by atoms with Crippen molar-refractivity contribution in [3.05, 3.63) is 15.5 Å². The Morgan fingerprint density at radius 1 is 1.62 bits per heavy atom. The van der Waals surface area contributed by atoms with Crippen LogP contribution in [0.4, 0.5) is 4.79 Å². The molecule has 1 amide bonds. The SMILES string of the molecule is CC(C)(C)OC(=O)N1CCC[C@@H](SCc2cnc(Cl)s2)C1. The average Bonchev–Trinajstić information content (AvgIpc) is 2.81. The number of carbonyl (C=O) groups is 1. The number of nitrogens with zero attached hydrogens (tertiary/aromatic N) is 2. The fraction of sp³-hybridized carbons (Fsp3) is 0.714. The van der Waals surface area contributed by atoms with Gasteiger partial charge >= 0.3 is 6.09 Å². The van der Waals surface area contributed by atoms with E-state index in [4.69, 9.17) is 16.3 Å². The Kier molecular flexibility index (Phi) is 5.80. The molecule has 21 heavy (non-hydrogen) atoms. The van der Waals surface area contributed by atoms with Gasteiger partial charge in [-0.2, -0.15) is 11.8 Å². The van der Waals surface area contributed by atoms with E-state index in [1.54, 1.807) is 0 Å². The van der Waals surface area contributed by atoms with E-state index in [0.717, 1.165) is 31.7 Å². The number of halogens is 1. The number of thioether (sulfide) groups is 1. The number of ether oxygens (including phenoxy) is 1. The van der Waals surface area contributed by atoms with Crippen molar-refractivity contribution in [1.29, 1.82) is 0 Å². The minimum atomic E-state index is -0.434. The van der Waals surface area contributed by atoms with Crippen LogP contribution in [0.3, 0.4) is 0 Å². The van der Waals surface area contributed by atoms with Crippen LogP contribution in [0.15, 0.2) is 6.20 Å². The van der Waals surface area contributed by atoms with Crippen LogP contribution < -0.4 is 0 Å². The second-order valence-corrected chi connectivity index (χ2v) is 9.07. The molecule has 2 rings (SSSR count). The van der Waals surface area contributed by atoms with Gasteiger partial charge < -0.3 is 9.64 Å². The minimum Gasteiger partial charge on any atom is -0.444 e. The van der Waals surface area contributed by atoms with Crippen molar-refractivity contribution in [3.63, 3.8) is 0 Å². The van der Waals surface area contributed by atoms with Crippen molar-refractivity contribution in [2.24, 2.45) is 0 Å². The van der Waals surface area contributed by atoms with Gasteiger partial charge in [0.05, 0.1) is 0 Å². The van der Waals surface area contributed by atoms with E-state index in [2.05, 4.69) is 4.98 Å². The van der Waals surface area contributed by atoms with E-state index in [-0.39, 0.29) is 6.09 Å². The van der Waals surface area contributed by atoms with Gasteiger partial charge in [-0.25, -0.2) is 9.78 Å². The zero-order valence-corrected chi connectivity index (χ0v) is 15.0. The van der Waals surface area contributed by atoms with Gasteiger partial charge in [-0.15, -0.1) is 11.3 Å². The summed E-state index contributed by atoms with van der Waals surface area (Å²) in [6.07, 6.45) is 3.79. The van der Waals surface area contributed by atoms with Crippen LogP contribution in [0.5, 0.6) is 0 Å². The molecule has 0 radical (unpaired) electrons. The highest BCUT2D eigenvalue weighted by molar-refractivity contribution is 7.99. The first-order valence-electron chi connectivity index (χ1n) is 7.03. The molecule has 1 aromatic heterocycles. The standard InChI is InChI=1S/C14H21ClN2O2S2/c1-14(2,3)19-13(18)17-6-4-5-10(8-17)20-9-11-7-16-12(15)21-11/h7,10H,4-6,8-9H2,1-3H3/t10-/m1/s1. The molecule has 0 saturated carbocycles. The molecule has 1 atom stereocenters. The number of hydrogen-bond donors (Lipinski definition) is 0. The molecule has 1 aliphatic rings. The third-order valence-corrected chi connectivity index (χ3v) is 5.65. The van der Waals surface area contributed by atoms with Gasteiger partial charge in [0.25, 0.3) is 0 Å². The average molecular weight is 349 g/mol. The smallest absolute Gasteiger partial charge is 0.410 e. The Morgan fingerprint density at radius 3 is 3.00 bits per heavy atom. The van der Waals surface area contributed by atoms with Gasteiger partial charge in [-0.05, 0) is 33.6 Å². The molecular formula is C14H21ClN2O2S2. The van der Waals surface area contributed by atoms with Crippen molar-refractivity contribution in [2.45, 2.75) is 50.2 Å². The maximum Gasteiger partial charge on any atom is 0.410 e. The number of hydrogen-bond acceptors (Lipinski definition) is 5. The van der Waals surface area contributed by atoms with Crippen LogP contribution in [-0.2, 0) is 10.5 Å². The fourth-order valence-corrected chi connectivity index (χ4v) is 4.42. The molecule has 0 spiro atoms. The van der Waals surface area contributed by atoms with Gasteiger partial charge in [0.1, 0.15) is 5.60 Å². The summed E-state index contributed by atoms with van der Waals surface area (Å²) in [7, 11) is 0. The molecule has 1 aromatic rings. The van der Waals surface area contributed by atoms with Crippen LogP contribution in [0.1, 0.15) is 38.5 Å². The quantitative estimate of drug-likeness (QED) is 0.810. The first-order valence-corrected chi connectivity index (χ1v) is 9.27. The predicted molar refractivity (Wildman–Crippen MR) is 89.2 cm³/mol. The topological polar surface area (TPSA) is 42.4 Å². The van der Waals surface area contributed by atoms with Crippen molar-refractivity contribution in [1.82, 2.24) is 9.88 Å². The molecule has 0 unspecified atom stereocenters. The molecule has 1 fully saturated rings. The minimum absolute atomic E-state index is 0.200. The first-order chi connectivity index (χ1) is 9.83. The zero-order chi connectivity index (χ0) is 15.5. The van der Waals surface area contributed by atoms with Crippen LogP contribution >= 0.6 is 34.7 Å². The summed E-state index contributed by atoms with van der Waals surface area (Å²) in [6.45, 7) is 7.24. The summed E-state index contributed by atoms with van der Waals surface area (Å²) in [5.74, 6) is 0.900. The summed E-state index contributed by atoms with van der Waals surface area (Å²) < 4.78 is 6.03. The Bertz CT molecular complexity index is 488. The Morgan fingerprint density at radius 2 is 2.38 bits per heavy atom. The van der Waals surface area contributed by atoms with Crippen LogP contribution in [0.25, 0.3) is 0 Å². The van der Waals surface area contributed by atoms with Crippen molar-refractivity contribution < 1.29 is 9.53 Å². The summed E-state index contributed by atoms with van der Waals surface area (Å²) in [4.78, 5) is 19.2. The highest BCUT2D eigenvalue weighted by Crippen LogP contribution is 2.29. The van der Waals surface area contributed by atoms with Crippen LogP contribution in [-0.4, -0.2) is 39.9 Å². The number of thiazole rings is 1. The fourth-order valence-electron chi connectivity index (χ4n) is 2.12.